The van der Waals surface area contributed by atoms with Crippen molar-refractivity contribution in [3.8, 4) is 50.5 Å². The highest BCUT2D eigenvalue weighted by molar-refractivity contribution is 7.18. The topological polar surface area (TPSA) is 109 Å². The van der Waals surface area contributed by atoms with Crippen molar-refractivity contribution in [1.82, 2.24) is 24.7 Å². The van der Waals surface area contributed by atoms with Gasteiger partial charge in [0.2, 0.25) is 10.9 Å². The highest BCUT2D eigenvalue weighted by Gasteiger charge is 2.20. The van der Waals surface area contributed by atoms with Crippen molar-refractivity contribution in [3.63, 3.8) is 0 Å². The SMILES string of the molecule is CCCn1c(-c2cccc(F)c2)nc2cc(-c3coc(Nc4nnc(-c5cc(OC)c(OC)c(OC)c5)s4)n3)c(F)cc21. The van der Waals surface area contributed by atoms with Gasteiger partial charge in [-0.25, -0.2) is 13.8 Å². The largest absolute Gasteiger partial charge is 0.493 e. The molecule has 43 heavy (non-hydrogen) atoms. The standard InChI is InChI=1S/C30H26F2N6O4S/c1-5-9-38-23-14-20(32)19(13-21(23)33-27(38)16-7-6-8-18(31)10-16)22-15-42-29(34-22)35-30-37-36-28(43-30)17-11-24(39-2)26(41-4)25(12-17)40-3/h6-8,10-15H,5,9H2,1-4H3,(H,34,35,37). The number of nitrogens with one attached hydrogen (secondary N) is 1. The Hall–Kier alpha value is -5.04. The third kappa shape index (κ3) is 5.34. The van der Waals surface area contributed by atoms with E-state index >= 15 is 4.39 Å². The third-order valence-corrected chi connectivity index (χ3v) is 7.59. The van der Waals surface area contributed by atoms with Crippen LogP contribution in [-0.2, 0) is 6.54 Å². The molecule has 1 N–H and O–H groups in total. The minimum atomic E-state index is -0.490. The van der Waals surface area contributed by atoms with Crippen LogP contribution < -0.4 is 19.5 Å². The molecule has 0 radical (unpaired) electrons. The van der Waals surface area contributed by atoms with Gasteiger partial charge >= 0.3 is 6.01 Å². The molecule has 0 spiro atoms. The van der Waals surface area contributed by atoms with Gasteiger partial charge in [-0.3, -0.25) is 5.32 Å². The van der Waals surface area contributed by atoms with Crippen LogP contribution in [0.1, 0.15) is 13.3 Å². The van der Waals surface area contributed by atoms with Crippen LogP contribution in [0, 0.1) is 11.6 Å². The summed E-state index contributed by atoms with van der Waals surface area (Å²) in [6, 6.07) is 12.9. The van der Waals surface area contributed by atoms with Gasteiger partial charge in [0.15, 0.2) is 11.5 Å². The van der Waals surface area contributed by atoms with E-state index in [4.69, 9.17) is 23.6 Å². The molecule has 0 bridgehead atoms. The predicted octanol–water partition coefficient (Wildman–Crippen LogP) is 7.33. The summed E-state index contributed by atoms with van der Waals surface area (Å²) in [5, 5.41) is 12.4. The first kappa shape index (κ1) is 28.1. The zero-order chi connectivity index (χ0) is 30.1. The summed E-state index contributed by atoms with van der Waals surface area (Å²) in [5.41, 5.74) is 2.98. The van der Waals surface area contributed by atoms with E-state index in [9.17, 15) is 4.39 Å². The second-order valence-electron chi connectivity index (χ2n) is 9.41. The molecule has 6 rings (SSSR count). The van der Waals surface area contributed by atoms with Crippen LogP contribution in [0.4, 0.5) is 19.9 Å². The molecule has 13 heteroatoms. The molecule has 6 aromatic rings. The number of halogens is 2. The molecule has 3 heterocycles. The van der Waals surface area contributed by atoms with Gasteiger partial charge in [-0.15, -0.1) is 10.2 Å². The quantitative estimate of drug-likeness (QED) is 0.172. The van der Waals surface area contributed by atoms with Crippen LogP contribution in [0.5, 0.6) is 17.2 Å². The number of benzene rings is 3. The molecule has 0 unspecified atom stereocenters. The maximum Gasteiger partial charge on any atom is 0.301 e. The van der Waals surface area contributed by atoms with Crippen molar-refractivity contribution < 1.29 is 27.4 Å². The van der Waals surface area contributed by atoms with Crippen molar-refractivity contribution >= 4 is 33.5 Å². The zero-order valence-electron chi connectivity index (χ0n) is 23.6. The maximum absolute atomic E-state index is 15.5. The molecular weight excluding hydrogens is 578 g/mol. The maximum atomic E-state index is 15.5. The molecule has 0 atom stereocenters. The number of anilines is 2. The summed E-state index contributed by atoms with van der Waals surface area (Å²) >= 11 is 1.25. The van der Waals surface area contributed by atoms with Crippen LogP contribution in [0.25, 0.3) is 44.2 Å². The number of nitrogens with zero attached hydrogens (tertiary/aromatic N) is 5. The van der Waals surface area contributed by atoms with Gasteiger partial charge in [0.25, 0.3) is 0 Å². The fourth-order valence-corrected chi connectivity index (χ4v) is 5.50. The van der Waals surface area contributed by atoms with E-state index in [1.54, 1.807) is 30.3 Å². The van der Waals surface area contributed by atoms with Crippen LogP contribution in [-0.4, -0.2) is 46.1 Å². The number of fused-ring (bicyclic) bond motifs is 1. The molecule has 3 aromatic heterocycles. The predicted molar refractivity (Wildman–Crippen MR) is 159 cm³/mol. The lowest BCUT2D eigenvalue weighted by molar-refractivity contribution is 0.324. The molecule has 0 saturated carbocycles. The molecule has 10 nitrogen and oxygen atoms in total. The number of methoxy groups -OCH3 is 3. The molecular formula is C30H26F2N6O4S. The van der Waals surface area contributed by atoms with Gasteiger partial charge in [-0.2, -0.15) is 4.98 Å². The normalized spacial score (nSPS) is 11.2. The monoisotopic (exact) mass is 604 g/mol. The first-order valence-electron chi connectivity index (χ1n) is 13.2. The number of hydrogen-bond donors (Lipinski definition) is 1. The lowest BCUT2D eigenvalue weighted by atomic mass is 10.1. The van der Waals surface area contributed by atoms with E-state index in [1.165, 1.54) is 57.1 Å². The fraction of sp³-hybridized carbons (Fsp3) is 0.200. The molecule has 0 saturated heterocycles. The molecule has 0 amide bonds. The van der Waals surface area contributed by atoms with Gasteiger partial charge in [-0.05, 0) is 36.8 Å². The van der Waals surface area contributed by atoms with E-state index in [1.807, 2.05) is 11.5 Å². The minimum Gasteiger partial charge on any atom is -0.493 e. The first-order valence-corrected chi connectivity index (χ1v) is 14.1. The summed E-state index contributed by atoms with van der Waals surface area (Å²) < 4.78 is 53.1. The van der Waals surface area contributed by atoms with E-state index in [2.05, 4.69) is 20.5 Å². The van der Waals surface area contributed by atoms with Crippen molar-refractivity contribution in [2.75, 3.05) is 26.6 Å². The Bertz CT molecular complexity index is 1910. The Morgan fingerprint density at radius 2 is 1.72 bits per heavy atom. The third-order valence-electron chi connectivity index (χ3n) is 6.70. The van der Waals surface area contributed by atoms with Gasteiger partial charge in [-0.1, -0.05) is 30.4 Å². The summed E-state index contributed by atoms with van der Waals surface area (Å²) in [5.74, 6) is 1.15. The fourth-order valence-electron chi connectivity index (χ4n) is 4.78. The average molecular weight is 605 g/mol. The number of aromatic nitrogens is 5. The summed E-state index contributed by atoms with van der Waals surface area (Å²) in [6.07, 6.45) is 2.15. The van der Waals surface area contributed by atoms with Gasteiger partial charge in [0, 0.05) is 29.3 Å². The molecule has 220 valence electrons. The Morgan fingerprint density at radius 3 is 2.42 bits per heavy atom. The van der Waals surface area contributed by atoms with Crippen LogP contribution in [0.15, 0.2) is 59.2 Å². The second kappa shape index (κ2) is 11.7. The lowest BCUT2D eigenvalue weighted by Gasteiger charge is -2.12. The zero-order valence-corrected chi connectivity index (χ0v) is 24.5. The minimum absolute atomic E-state index is 0.110. The molecule has 0 aliphatic carbocycles. The van der Waals surface area contributed by atoms with Gasteiger partial charge < -0.3 is 23.2 Å². The van der Waals surface area contributed by atoms with E-state index in [0.717, 1.165) is 6.42 Å². The highest BCUT2D eigenvalue weighted by atomic mass is 32.1. The number of aryl methyl sites for hydroxylation is 1. The van der Waals surface area contributed by atoms with Crippen molar-refractivity contribution in [1.29, 1.82) is 0 Å². The average Bonchev–Trinajstić information content (AvgIpc) is 3.76. The highest BCUT2D eigenvalue weighted by Crippen LogP contribution is 2.42. The molecule has 0 aliphatic rings. The van der Waals surface area contributed by atoms with E-state index in [0.29, 0.717) is 61.9 Å². The van der Waals surface area contributed by atoms with Crippen LogP contribution in [0.2, 0.25) is 0 Å². The van der Waals surface area contributed by atoms with E-state index < -0.39 is 5.82 Å². The Balaban J connectivity index is 1.28. The second-order valence-corrected chi connectivity index (χ2v) is 10.4. The summed E-state index contributed by atoms with van der Waals surface area (Å²) in [4.78, 5) is 9.14. The smallest absolute Gasteiger partial charge is 0.301 e. The van der Waals surface area contributed by atoms with Crippen molar-refractivity contribution in [3.05, 3.63) is 66.4 Å². The van der Waals surface area contributed by atoms with E-state index in [-0.39, 0.29) is 23.1 Å². The summed E-state index contributed by atoms with van der Waals surface area (Å²) in [6.45, 7) is 2.61. The first-order chi connectivity index (χ1) is 20.9. The molecule has 0 fully saturated rings. The van der Waals surface area contributed by atoms with Gasteiger partial charge in [0.1, 0.15) is 34.4 Å². The lowest BCUT2D eigenvalue weighted by Crippen LogP contribution is -2.00. The summed E-state index contributed by atoms with van der Waals surface area (Å²) in [7, 11) is 4.61. The Kier molecular flexibility index (Phi) is 7.63. The number of imidazole rings is 1. The molecule has 0 aliphatic heterocycles. The number of rotatable bonds is 10. The van der Waals surface area contributed by atoms with Crippen LogP contribution >= 0.6 is 11.3 Å². The molecule has 3 aromatic carbocycles. The van der Waals surface area contributed by atoms with Gasteiger partial charge in [0.05, 0.1) is 32.4 Å². The Morgan fingerprint density at radius 1 is 0.930 bits per heavy atom. The number of hydrogen-bond acceptors (Lipinski definition) is 10. The Labute approximate surface area is 248 Å². The van der Waals surface area contributed by atoms with Crippen molar-refractivity contribution in [2.45, 2.75) is 19.9 Å². The number of ether oxygens (including phenoxy) is 3. The van der Waals surface area contributed by atoms with Crippen LogP contribution in [0.3, 0.4) is 0 Å². The van der Waals surface area contributed by atoms with Crippen molar-refractivity contribution in [2.24, 2.45) is 0 Å². The number of oxazole rings is 1.